The van der Waals surface area contributed by atoms with Crippen LogP contribution in [0.3, 0.4) is 0 Å². The number of amides is 2. The Bertz CT molecular complexity index is 1620. The number of carbonyl (C=O) groups is 2. The lowest BCUT2D eigenvalue weighted by Crippen LogP contribution is -2.18. The van der Waals surface area contributed by atoms with Crippen LogP contribution < -0.4 is 15.4 Å². The summed E-state index contributed by atoms with van der Waals surface area (Å²) in [5.74, 6) is 0.637. The van der Waals surface area contributed by atoms with Gasteiger partial charge in [-0.1, -0.05) is 62.4 Å². The molecule has 0 aliphatic rings. The van der Waals surface area contributed by atoms with Gasteiger partial charge in [0.2, 0.25) is 0 Å². The first-order valence-electron chi connectivity index (χ1n) is 12.9. The molecule has 0 aliphatic heterocycles. The third kappa shape index (κ3) is 6.13. The first-order chi connectivity index (χ1) is 19.3. The molecule has 0 aliphatic carbocycles. The van der Waals surface area contributed by atoms with Crippen molar-refractivity contribution in [2.24, 2.45) is 7.05 Å². The van der Waals surface area contributed by atoms with Crippen LogP contribution in [0, 0.1) is 0 Å². The molecule has 0 spiro atoms. The van der Waals surface area contributed by atoms with E-state index in [1.165, 1.54) is 11.1 Å². The molecule has 0 fully saturated rings. The monoisotopic (exact) mass is 534 g/mol. The van der Waals surface area contributed by atoms with Gasteiger partial charge in [0.1, 0.15) is 18.1 Å². The second kappa shape index (κ2) is 11.3. The van der Waals surface area contributed by atoms with Gasteiger partial charge in [-0.2, -0.15) is 5.10 Å². The summed E-state index contributed by atoms with van der Waals surface area (Å²) in [5.41, 5.74) is 3.63. The van der Waals surface area contributed by atoms with Crippen LogP contribution in [0.15, 0.2) is 108 Å². The summed E-state index contributed by atoms with van der Waals surface area (Å²) in [6.45, 7) is 4.58. The molecule has 5 aromatic rings. The van der Waals surface area contributed by atoms with Gasteiger partial charge in [0.25, 0.3) is 11.8 Å². The van der Waals surface area contributed by atoms with Crippen molar-refractivity contribution in [3.63, 3.8) is 0 Å². The van der Waals surface area contributed by atoms with E-state index in [1.807, 2.05) is 30.3 Å². The Morgan fingerprint density at radius 3 is 2.17 bits per heavy atom. The SMILES string of the molecule is Cn1ccc(C(=O)Nc2cccc(NC(=O)c3ccc(COc4ccc(C(C)(C)c5ccccc5)cc4)o3)c2)n1. The van der Waals surface area contributed by atoms with Gasteiger partial charge < -0.3 is 19.8 Å². The highest BCUT2D eigenvalue weighted by atomic mass is 16.5. The number of carbonyl (C=O) groups excluding carboxylic acids is 2. The number of furan rings is 1. The number of rotatable bonds is 9. The quantitative estimate of drug-likeness (QED) is 0.227. The molecule has 0 bridgehead atoms. The molecule has 0 saturated heterocycles. The predicted octanol–water partition coefficient (Wildman–Crippen LogP) is 6.42. The number of nitrogens with zero attached hydrogens (tertiary/aromatic N) is 2. The maximum absolute atomic E-state index is 12.8. The Hall–Kier alpha value is -5.11. The standard InChI is InChI=1S/C32H30N4O4/c1-32(2,22-8-5-4-6-9-22)23-12-14-26(15-13-23)39-21-27-16-17-29(40-27)31(38)34-25-11-7-10-24(20-25)33-30(37)28-18-19-36(3)35-28/h4-20H,21H2,1-3H3,(H,33,37)(H,34,38). The second-order valence-corrected chi connectivity index (χ2v) is 9.93. The van der Waals surface area contributed by atoms with E-state index in [4.69, 9.17) is 9.15 Å². The summed E-state index contributed by atoms with van der Waals surface area (Å²) >= 11 is 0. The highest BCUT2D eigenvalue weighted by molar-refractivity contribution is 6.04. The third-order valence-corrected chi connectivity index (χ3v) is 6.66. The zero-order valence-electron chi connectivity index (χ0n) is 22.5. The summed E-state index contributed by atoms with van der Waals surface area (Å²) < 4.78 is 13.2. The molecule has 2 heterocycles. The fraction of sp³-hybridized carbons (Fsp3) is 0.156. The zero-order valence-corrected chi connectivity index (χ0v) is 22.5. The topological polar surface area (TPSA) is 98.4 Å². The fourth-order valence-corrected chi connectivity index (χ4v) is 4.32. The van der Waals surface area contributed by atoms with Crippen molar-refractivity contribution in [1.82, 2.24) is 9.78 Å². The second-order valence-electron chi connectivity index (χ2n) is 9.93. The Morgan fingerprint density at radius 1 is 0.825 bits per heavy atom. The number of anilines is 2. The summed E-state index contributed by atoms with van der Waals surface area (Å²) in [6.07, 6.45) is 1.69. The summed E-state index contributed by atoms with van der Waals surface area (Å²) in [7, 11) is 1.74. The van der Waals surface area contributed by atoms with E-state index in [0.717, 1.165) is 0 Å². The summed E-state index contributed by atoms with van der Waals surface area (Å²) in [6, 6.07) is 30.2. The largest absolute Gasteiger partial charge is 0.486 e. The molecular weight excluding hydrogens is 504 g/mol. The van der Waals surface area contributed by atoms with E-state index in [1.54, 1.807) is 60.4 Å². The van der Waals surface area contributed by atoms with Crippen LogP contribution in [0.4, 0.5) is 11.4 Å². The Labute approximate surface area is 232 Å². The van der Waals surface area contributed by atoms with Crippen LogP contribution in [0.5, 0.6) is 5.75 Å². The maximum Gasteiger partial charge on any atom is 0.291 e. The van der Waals surface area contributed by atoms with Crippen LogP contribution in [-0.4, -0.2) is 21.6 Å². The molecule has 0 atom stereocenters. The molecule has 5 rings (SSSR count). The van der Waals surface area contributed by atoms with Crippen LogP contribution in [-0.2, 0) is 19.1 Å². The first kappa shape index (κ1) is 26.5. The van der Waals surface area contributed by atoms with Crippen LogP contribution >= 0.6 is 0 Å². The third-order valence-electron chi connectivity index (χ3n) is 6.66. The number of ether oxygens (including phenoxy) is 1. The maximum atomic E-state index is 12.8. The number of benzene rings is 3. The first-order valence-corrected chi connectivity index (χ1v) is 12.9. The Morgan fingerprint density at radius 2 is 1.50 bits per heavy atom. The minimum atomic E-state index is -0.410. The molecule has 0 radical (unpaired) electrons. The molecule has 2 aromatic heterocycles. The molecule has 3 aromatic carbocycles. The molecule has 8 heteroatoms. The van der Waals surface area contributed by atoms with Gasteiger partial charge in [0.05, 0.1) is 0 Å². The molecule has 0 saturated carbocycles. The number of aryl methyl sites for hydroxylation is 1. The van der Waals surface area contributed by atoms with Gasteiger partial charge >= 0.3 is 0 Å². The summed E-state index contributed by atoms with van der Waals surface area (Å²) in [4.78, 5) is 25.1. The van der Waals surface area contributed by atoms with E-state index in [0.29, 0.717) is 28.6 Å². The van der Waals surface area contributed by atoms with Crippen LogP contribution in [0.2, 0.25) is 0 Å². The van der Waals surface area contributed by atoms with Gasteiger partial charge in [-0.25, -0.2) is 0 Å². The Balaban J connectivity index is 1.16. The van der Waals surface area contributed by atoms with Gasteiger partial charge in [0, 0.05) is 30.0 Å². The minimum absolute atomic E-state index is 0.132. The van der Waals surface area contributed by atoms with E-state index >= 15 is 0 Å². The van der Waals surface area contributed by atoms with E-state index in [2.05, 4.69) is 53.8 Å². The zero-order chi connectivity index (χ0) is 28.1. The van der Waals surface area contributed by atoms with Gasteiger partial charge in [0.15, 0.2) is 11.5 Å². The molecule has 202 valence electrons. The number of hydrogen-bond acceptors (Lipinski definition) is 5. The molecular formula is C32H30N4O4. The van der Waals surface area contributed by atoms with Gasteiger partial charge in [-0.05, 0) is 59.7 Å². The summed E-state index contributed by atoms with van der Waals surface area (Å²) in [5, 5.41) is 9.66. The molecule has 40 heavy (non-hydrogen) atoms. The van der Waals surface area contributed by atoms with E-state index in [-0.39, 0.29) is 23.7 Å². The van der Waals surface area contributed by atoms with Crippen molar-refractivity contribution in [2.75, 3.05) is 10.6 Å². The van der Waals surface area contributed by atoms with Crippen molar-refractivity contribution in [3.8, 4) is 5.75 Å². The molecule has 8 nitrogen and oxygen atoms in total. The molecule has 2 N–H and O–H groups in total. The van der Waals surface area contributed by atoms with Crippen molar-refractivity contribution in [1.29, 1.82) is 0 Å². The number of nitrogens with one attached hydrogen (secondary N) is 2. The van der Waals surface area contributed by atoms with Crippen molar-refractivity contribution in [2.45, 2.75) is 25.9 Å². The Kier molecular flexibility index (Phi) is 7.50. The lowest BCUT2D eigenvalue weighted by Gasteiger charge is -2.26. The predicted molar refractivity (Wildman–Crippen MR) is 154 cm³/mol. The van der Waals surface area contributed by atoms with Gasteiger partial charge in [-0.15, -0.1) is 0 Å². The van der Waals surface area contributed by atoms with Crippen molar-refractivity contribution < 1.29 is 18.7 Å². The smallest absolute Gasteiger partial charge is 0.291 e. The molecule has 0 unspecified atom stereocenters. The average molecular weight is 535 g/mol. The van der Waals surface area contributed by atoms with Gasteiger partial charge in [-0.3, -0.25) is 14.3 Å². The van der Waals surface area contributed by atoms with Crippen molar-refractivity contribution >= 4 is 23.2 Å². The lowest BCUT2D eigenvalue weighted by molar-refractivity contribution is 0.0991. The highest BCUT2D eigenvalue weighted by Crippen LogP contribution is 2.32. The lowest BCUT2D eigenvalue weighted by atomic mass is 9.78. The van der Waals surface area contributed by atoms with E-state index in [9.17, 15) is 9.59 Å². The number of aromatic nitrogens is 2. The minimum Gasteiger partial charge on any atom is -0.486 e. The van der Waals surface area contributed by atoms with Crippen LogP contribution in [0.25, 0.3) is 0 Å². The highest BCUT2D eigenvalue weighted by Gasteiger charge is 2.22. The average Bonchev–Trinajstić information content (AvgIpc) is 3.62. The molecule has 2 amide bonds. The fourth-order valence-electron chi connectivity index (χ4n) is 4.32. The van der Waals surface area contributed by atoms with Crippen molar-refractivity contribution in [3.05, 3.63) is 132 Å². The normalized spacial score (nSPS) is 11.2. The van der Waals surface area contributed by atoms with E-state index < -0.39 is 5.91 Å². The number of hydrogen-bond donors (Lipinski definition) is 2. The van der Waals surface area contributed by atoms with Crippen LogP contribution in [0.1, 0.15) is 51.8 Å².